The molecule has 0 amide bonds. The highest BCUT2D eigenvalue weighted by molar-refractivity contribution is 6.01. The van der Waals surface area contributed by atoms with Crippen molar-refractivity contribution in [3.63, 3.8) is 0 Å². The lowest BCUT2D eigenvalue weighted by molar-refractivity contribution is -0.394. The highest BCUT2D eigenvalue weighted by atomic mass is 16.6. The first-order valence-corrected chi connectivity index (χ1v) is 9.81. The lowest BCUT2D eigenvalue weighted by Gasteiger charge is -2.15. The number of Topliss-reactive ketones (excluding diaryl/α,β-unsaturated/α-hetero) is 1. The van der Waals surface area contributed by atoms with Gasteiger partial charge in [-0.25, -0.2) is 4.79 Å². The number of nitro benzene ring substituents is 2. The van der Waals surface area contributed by atoms with Gasteiger partial charge in [0.1, 0.15) is 5.75 Å². The Kier molecular flexibility index (Phi) is 7.09. The quantitative estimate of drug-likeness (QED) is 0.190. The first-order chi connectivity index (χ1) is 15.8. The highest BCUT2D eigenvalue weighted by Crippen LogP contribution is 2.34. The van der Waals surface area contributed by atoms with E-state index in [0.29, 0.717) is 12.0 Å². The Labute approximate surface area is 187 Å². The third kappa shape index (κ3) is 5.56. The molecule has 0 aromatic heterocycles. The number of hydrogen-bond donors (Lipinski definition) is 0. The Bertz CT molecular complexity index is 1190. The van der Waals surface area contributed by atoms with Crippen LogP contribution in [0.3, 0.4) is 0 Å². The van der Waals surface area contributed by atoms with E-state index < -0.39 is 33.3 Å². The van der Waals surface area contributed by atoms with Crippen LogP contribution in [0.4, 0.5) is 11.4 Å². The van der Waals surface area contributed by atoms with E-state index in [4.69, 9.17) is 9.47 Å². The molecular weight excluding hydrogens is 432 g/mol. The molecule has 0 N–H and O–H groups in total. The molecule has 1 atom stereocenters. The number of benzene rings is 3. The number of hydrogen-bond acceptors (Lipinski definition) is 8. The van der Waals surface area contributed by atoms with Gasteiger partial charge in [-0.1, -0.05) is 37.3 Å². The number of nitro groups is 2. The summed E-state index contributed by atoms with van der Waals surface area (Å²) in [4.78, 5) is 45.6. The van der Waals surface area contributed by atoms with E-state index in [-0.39, 0.29) is 22.8 Å². The third-order valence-corrected chi connectivity index (χ3v) is 4.64. The summed E-state index contributed by atoms with van der Waals surface area (Å²) in [5.41, 5.74) is -0.425. The van der Waals surface area contributed by atoms with Crippen molar-refractivity contribution < 1.29 is 28.9 Å². The molecule has 0 unspecified atom stereocenters. The molecule has 168 valence electrons. The van der Waals surface area contributed by atoms with Crippen LogP contribution >= 0.6 is 0 Å². The lowest BCUT2D eigenvalue weighted by atomic mass is 10.0. The summed E-state index contributed by atoms with van der Waals surface area (Å²) >= 11 is 0. The molecule has 0 heterocycles. The molecule has 10 nitrogen and oxygen atoms in total. The normalized spacial score (nSPS) is 11.3. The van der Waals surface area contributed by atoms with Crippen molar-refractivity contribution >= 4 is 23.1 Å². The molecule has 0 aliphatic carbocycles. The van der Waals surface area contributed by atoms with Gasteiger partial charge in [0.05, 0.1) is 21.5 Å². The minimum absolute atomic E-state index is 0.153. The average Bonchev–Trinajstić information content (AvgIpc) is 2.83. The predicted octanol–water partition coefficient (Wildman–Crippen LogP) is 5.11. The van der Waals surface area contributed by atoms with Crippen LogP contribution in [0.2, 0.25) is 0 Å². The van der Waals surface area contributed by atoms with E-state index in [2.05, 4.69) is 0 Å². The topological polar surface area (TPSA) is 139 Å². The van der Waals surface area contributed by atoms with Crippen LogP contribution in [0, 0.1) is 20.2 Å². The fourth-order valence-corrected chi connectivity index (χ4v) is 2.94. The number of carbonyl (C=O) groups is 2. The molecular formula is C23H18N2O8. The van der Waals surface area contributed by atoms with Gasteiger partial charge in [-0.05, 0) is 36.8 Å². The Morgan fingerprint density at radius 3 is 2.12 bits per heavy atom. The Balaban J connectivity index is 1.72. The Hall–Kier alpha value is -4.60. The number of ether oxygens (including phenoxy) is 2. The van der Waals surface area contributed by atoms with E-state index in [9.17, 15) is 29.8 Å². The van der Waals surface area contributed by atoms with E-state index >= 15 is 0 Å². The minimum atomic E-state index is -0.946. The van der Waals surface area contributed by atoms with Crippen molar-refractivity contribution in [1.82, 2.24) is 0 Å². The van der Waals surface area contributed by atoms with Crippen LogP contribution in [0.5, 0.6) is 11.5 Å². The van der Waals surface area contributed by atoms with Gasteiger partial charge in [-0.2, -0.15) is 0 Å². The van der Waals surface area contributed by atoms with Gasteiger partial charge >= 0.3 is 11.7 Å². The third-order valence-electron chi connectivity index (χ3n) is 4.64. The summed E-state index contributed by atoms with van der Waals surface area (Å²) in [7, 11) is 0. The van der Waals surface area contributed by atoms with Crippen LogP contribution in [0.1, 0.15) is 34.1 Å². The van der Waals surface area contributed by atoms with Crippen molar-refractivity contribution in [3.8, 4) is 11.5 Å². The van der Waals surface area contributed by atoms with E-state index in [1.54, 1.807) is 37.3 Å². The zero-order chi connectivity index (χ0) is 24.0. The number of ketones is 1. The molecule has 3 rings (SSSR count). The summed E-state index contributed by atoms with van der Waals surface area (Å²) in [5.74, 6) is -1.05. The molecule has 10 heteroatoms. The zero-order valence-electron chi connectivity index (χ0n) is 17.4. The van der Waals surface area contributed by atoms with Crippen LogP contribution in [-0.2, 0) is 4.74 Å². The fourth-order valence-electron chi connectivity index (χ4n) is 2.94. The van der Waals surface area contributed by atoms with Crippen LogP contribution in [-0.4, -0.2) is 27.7 Å². The Morgan fingerprint density at radius 2 is 1.55 bits per heavy atom. The van der Waals surface area contributed by atoms with Gasteiger partial charge in [0.25, 0.3) is 5.69 Å². The van der Waals surface area contributed by atoms with Gasteiger partial charge in [0.15, 0.2) is 6.10 Å². The van der Waals surface area contributed by atoms with Crippen LogP contribution in [0.15, 0.2) is 72.8 Å². The average molecular weight is 450 g/mol. The molecule has 0 saturated heterocycles. The van der Waals surface area contributed by atoms with Crippen LogP contribution in [0.25, 0.3) is 0 Å². The van der Waals surface area contributed by atoms with Crippen molar-refractivity contribution in [1.29, 1.82) is 0 Å². The first-order valence-electron chi connectivity index (χ1n) is 9.81. The summed E-state index contributed by atoms with van der Waals surface area (Å²) in [5, 5.41) is 22.1. The molecule has 0 radical (unpaired) electrons. The maximum Gasteiger partial charge on any atom is 0.338 e. The van der Waals surface area contributed by atoms with Gasteiger partial charge < -0.3 is 9.47 Å². The van der Waals surface area contributed by atoms with Crippen molar-refractivity contribution in [3.05, 3.63) is 104 Å². The molecule has 0 aliphatic heterocycles. The number of esters is 1. The van der Waals surface area contributed by atoms with Gasteiger partial charge in [-0.15, -0.1) is 0 Å². The largest absolute Gasteiger partial charge is 0.450 e. The Morgan fingerprint density at radius 1 is 0.879 bits per heavy atom. The molecule has 0 aliphatic rings. The summed E-state index contributed by atoms with van der Waals surface area (Å²) in [6.45, 7) is 1.73. The monoisotopic (exact) mass is 450 g/mol. The predicted molar refractivity (Wildman–Crippen MR) is 117 cm³/mol. The molecule has 0 spiro atoms. The maximum absolute atomic E-state index is 12.6. The SMILES string of the molecule is CC[C@H](OC(=O)c1ccc(Oc2ccc([N+](=O)[O-])cc2[N+](=O)[O-])cc1)C(=O)c1ccccc1. The smallest absolute Gasteiger partial charge is 0.338 e. The fraction of sp³-hybridized carbons (Fsp3) is 0.130. The lowest BCUT2D eigenvalue weighted by Crippen LogP contribution is -2.26. The number of carbonyl (C=O) groups excluding carboxylic acids is 2. The number of rotatable bonds is 9. The second-order valence-electron chi connectivity index (χ2n) is 6.83. The van der Waals surface area contributed by atoms with Crippen molar-refractivity contribution in [2.45, 2.75) is 19.4 Å². The second-order valence-corrected chi connectivity index (χ2v) is 6.83. The van der Waals surface area contributed by atoms with Gasteiger partial charge in [-0.3, -0.25) is 25.0 Å². The molecule has 3 aromatic rings. The van der Waals surface area contributed by atoms with Gasteiger partial charge in [0, 0.05) is 11.6 Å². The zero-order valence-corrected chi connectivity index (χ0v) is 17.4. The standard InChI is InChI=1S/C23H18N2O8/c1-2-20(22(26)15-6-4-3-5-7-15)33-23(27)16-8-11-18(12-9-16)32-21-13-10-17(24(28)29)14-19(21)25(30)31/h3-14,20H,2H2,1H3/t20-/m0/s1. The second kappa shape index (κ2) is 10.1. The van der Waals surface area contributed by atoms with Crippen molar-refractivity contribution in [2.24, 2.45) is 0 Å². The molecule has 0 bridgehead atoms. The minimum Gasteiger partial charge on any atom is -0.450 e. The summed E-state index contributed by atoms with van der Waals surface area (Å²) in [6.07, 6.45) is -0.650. The molecule has 0 saturated carbocycles. The number of non-ortho nitro benzene ring substituents is 1. The maximum atomic E-state index is 12.6. The highest BCUT2D eigenvalue weighted by Gasteiger charge is 2.24. The first kappa shape index (κ1) is 23.1. The molecule has 0 fully saturated rings. The number of nitrogens with zero attached hydrogens (tertiary/aromatic N) is 2. The van der Waals surface area contributed by atoms with Gasteiger partial charge in [0.2, 0.25) is 11.5 Å². The van der Waals surface area contributed by atoms with E-state index in [1.165, 1.54) is 24.3 Å². The van der Waals surface area contributed by atoms with Crippen molar-refractivity contribution in [2.75, 3.05) is 0 Å². The molecule has 3 aromatic carbocycles. The summed E-state index contributed by atoms with van der Waals surface area (Å²) in [6, 6.07) is 17.1. The van der Waals surface area contributed by atoms with E-state index in [1.807, 2.05) is 0 Å². The van der Waals surface area contributed by atoms with E-state index in [0.717, 1.165) is 18.2 Å². The summed E-state index contributed by atoms with van der Waals surface area (Å²) < 4.78 is 10.8. The van der Waals surface area contributed by atoms with Crippen LogP contribution < -0.4 is 4.74 Å². The molecule has 33 heavy (non-hydrogen) atoms.